The Morgan fingerprint density at radius 1 is 1.19 bits per heavy atom. The summed E-state index contributed by atoms with van der Waals surface area (Å²) in [6.45, 7) is 1.64. The Bertz CT molecular complexity index is 924. The normalized spacial score (nSPS) is 15.7. The molecule has 1 aromatic heterocycles. The maximum absolute atomic E-state index is 12.5. The van der Waals surface area contributed by atoms with Gasteiger partial charge in [0.05, 0.1) is 11.9 Å². The van der Waals surface area contributed by atoms with Gasteiger partial charge in [0, 0.05) is 24.8 Å². The second-order valence-electron chi connectivity index (χ2n) is 6.47. The average Bonchev–Trinajstić information content (AvgIpc) is 3.14. The van der Waals surface area contributed by atoms with E-state index in [2.05, 4.69) is 15.3 Å². The number of nitrogens with one attached hydrogen (secondary N) is 1. The van der Waals surface area contributed by atoms with Gasteiger partial charge in [-0.2, -0.15) is 5.10 Å². The molecule has 8 nitrogen and oxygen atoms in total. The first-order valence-electron chi connectivity index (χ1n) is 8.82. The van der Waals surface area contributed by atoms with Crippen LogP contribution in [0.25, 0.3) is 0 Å². The van der Waals surface area contributed by atoms with Gasteiger partial charge in [-0.25, -0.2) is 4.68 Å². The fourth-order valence-electron chi connectivity index (χ4n) is 3.24. The first-order chi connectivity index (χ1) is 13.1. The molecule has 0 spiro atoms. The number of ether oxygens (including phenoxy) is 2. The van der Waals surface area contributed by atoms with Gasteiger partial charge in [-0.05, 0) is 31.4 Å². The molecule has 1 saturated heterocycles. The minimum Gasteiger partial charge on any atom is -0.454 e. The maximum atomic E-state index is 12.5. The van der Waals surface area contributed by atoms with Crippen LogP contribution in [0.5, 0.6) is 11.5 Å². The Morgan fingerprint density at radius 3 is 2.78 bits per heavy atom. The molecule has 1 fully saturated rings. The summed E-state index contributed by atoms with van der Waals surface area (Å²) in [6, 6.07) is 5.09. The third-order valence-corrected chi connectivity index (χ3v) is 4.97. The minimum absolute atomic E-state index is 0.0998. The number of hydrogen-bond acceptors (Lipinski definition) is 6. The average molecular weight is 391 g/mol. The van der Waals surface area contributed by atoms with Gasteiger partial charge in [0.25, 0.3) is 5.56 Å². The molecule has 0 saturated carbocycles. The SMILES string of the molecule is O=C(Cn1ncc(N2CCCCC2)c(Cl)c1=O)Nc1ccc2c(c1)OCO2. The third-order valence-electron chi connectivity index (χ3n) is 4.61. The van der Waals surface area contributed by atoms with Crippen molar-refractivity contribution in [2.75, 3.05) is 30.1 Å². The predicted octanol–water partition coefficient (Wildman–Crippen LogP) is 2.25. The fourth-order valence-corrected chi connectivity index (χ4v) is 3.50. The summed E-state index contributed by atoms with van der Waals surface area (Å²) < 4.78 is 11.6. The molecule has 142 valence electrons. The highest BCUT2D eigenvalue weighted by molar-refractivity contribution is 6.33. The Hall–Kier alpha value is -2.74. The van der Waals surface area contributed by atoms with Gasteiger partial charge in [0.1, 0.15) is 11.6 Å². The van der Waals surface area contributed by atoms with Crippen LogP contribution in [0, 0.1) is 0 Å². The molecule has 9 heteroatoms. The molecule has 0 bridgehead atoms. The number of hydrogen-bond donors (Lipinski definition) is 1. The van der Waals surface area contributed by atoms with Gasteiger partial charge in [0.15, 0.2) is 11.5 Å². The predicted molar refractivity (Wildman–Crippen MR) is 101 cm³/mol. The first-order valence-corrected chi connectivity index (χ1v) is 9.20. The first kappa shape index (κ1) is 17.7. The van der Waals surface area contributed by atoms with Crippen LogP contribution < -0.4 is 25.2 Å². The van der Waals surface area contributed by atoms with Crippen molar-refractivity contribution in [3.63, 3.8) is 0 Å². The quantitative estimate of drug-likeness (QED) is 0.861. The van der Waals surface area contributed by atoms with Crippen molar-refractivity contribution in [2.24, 2.45) is 0 Å². The van der Waals surface area contributed by atoms with Crippen molar-refractivity contribution in [1.82, 2.24) is 9.78 Å². The van der Waals surface area contributed by atoms with Crippen molar-refractivity contribution in [3.05, 3.63) is 39.8 Å². The number of carbonyl (C=O) groups is 1. The second-order valence-corrected chi connectivity index (χ2v) is 6.85. The lowest BCUT2D eigenvalue weighted by molar-refractivity contribution is -0.117. The fraction of sp³-hybridized carbons (Fsp3) is 0.389. The van der Waals surface area contributed by atoms with Crippen LogP contribution in [0.2, 0.25) is 5.02 Å². The molecular formula is C18H19ClN4O4. The Morgan fingerprint density at radius 2 is 1.96 bits per heavy atom. The third kappa shape index (κ3) is 3.71. The topological polar surface area (TPSA) is 85.7 Å². The summed E-state index contributed by atoms with van der Waals surface area (Å²) in [7, 11) is 0. The number of benzene rings is 1. The van der Waals surface area contributed by atoms with E-state index in [0.717, 1.165) is 30.6 Å². The van der Waals surface area contributed by atoms with Crippen molar-refractivity contribution in [3.8, 4) is 11.5 Å². The number of anilines is 2. The number of fused-ring (bicyclic) bond motifs is 1. The maximum Gasteiger partial charge on any atom is 0.288 e. The number of rotatable bonds is 4. The molecule has 1 amide bonds. The second kappa shape index (κ2) is 7.48. The molecule has 4 rings (SSSR count). The summed E-state index contributed by atoms with van der Waals surface area (Å²) in [6.07, 6.45) is 4.87. The zero-order valence-electron chi connectivity index (χ0n) is 14.6. The van der Waals surface area contributed by atoms with Crippen LogP contribution in [0.4, 0.5) is 11.4 Å². The molecule has 27 heavy (non-hydrogen) atoms. The van der Waals surface area contributed by atoms with Gasteiger partial charge in [0.2, 0.25) is 12.7 Å². The van der Waals surface area contributed by atoms with E-state index in [4.69, 9.17) is 21.1 Å². The van der Waals surface area contributed by atoms with Gasteiger partial charge in [-0.15, -0.1) is 0 Å². The highest BCUT2D eigenvalue weighted by Crippen LogP contribution is 2.34. The monoisotopic (exact) mass is 390 g/mol. The molecule has 0 radical (unpaired) electrons. The lowest BCUT2D eigenvalue weighted by Crippen LogP contribution is -2.34. The summed E-state index contributed by atoms with van der Waals surface area (Å²) in [5.74, 6) is 0.813. The smallest absolute Gasteiger partial charge is 0.288 e. The van der Waals surface area contributed by atoms with Crippen molar-refractivity contribution in [2.45, 2.75) is 25.8 Å². The molecule has 1 N–H and O–H groups in total. The van der Waals surface area contributed by atoms with Gasteiger partial charge in [-0.3, -0.25) is 9.59 Å². The van der Waals surface area contributed by atoms with E-state index < -0.39 is 5.56 Å². The summed E-state index contributed by atoms with van der Waals surface area (Å²) in [5, 5.41) is 6.94. The van der Waals surface area contributed by atoms with Crippen LogP contribution in [0.3, 0.4) is 0 Å². The molecule has 0 atom stereocenters. The molecule has 2 aliphatic heterocycles. The van der Waals surface area contributed by atoms with Crippen molar-refractivity contribution >= 4 is 28.9 Å². The van der Waals surface area contributed by atoms with E-state index >= 15 is 0 Å². The van der Waals surface area contributed by atoms with Crippen LogP contribution >= 0.6 is 11.6 Å². The minimum atomic E-state index is -0.472. The van der Waals surface area contributed by atoms with Gasteiger partial charge >= 0.3 is 0 Å². The molecular weight excluding hydrogens is 372 g/mol. The largest absolute Gasteiger partial charge is 0.454 e. The van der Waals surface area contributed by atoms with Gasteiger partial charge in [-0.1, -0.05) is 11.6 Å². The number of aromatic nitrogens is 2. The van der Waals surface area contributed by atoms with Crippen LogP contribution in [-0.4, -0.2) is 35.6 Å². The number of amides is 1. The van der Waals surface area contributed by atoms with Crippen LogP contribution in [-0.2, 0) is 11.3 Å². The molecule has 3 heterocycles. The lowest BCUT2D eigenvalue weighted by Gasteiger charge is -2.29. The van der Waals surface area contributed by atoms with E-state index in [1.807, 2.05) is 0 Å². The van der Waals surface area contributed by atoms with Crippen LogP contribution in [0.15, 0.2) is 29.2 Å². The highest BCUT2D eigenvalue weighted by Gasteiger charge is 2.19. The van der Waals surface area contributed by atoms with E-state index in [1.54, 1.807) is 24.4 Å². The Balaban J connectivity index is 1.46. The summed E-state index contributed by atoms with van der Waals surface area (Å²) in [5.41, 5.74) is 0.711. The number of piperidine rings is 1. The zero-order chi connectivity index (χ0) is 18.8. The van der Waals surface area contributed by atoms with Gasteiger partial charge < -0.3 is 19.7 Å². The van der Waals surface area contributed by atoms with E-state index in [0.29, 0.717) is 22.9 Å². The van der Waals surface area contributed by atoms with E-state index in [1.165, 1.54) is 6.42 Å². The number of nitrogens with zero attached hydrogens (tertiary/aromatic N) is 3. The Labute approximate surface area is 160 Å². The lowest BCUT2D eigenvalue weighted by atomic mass is 10.1. The molecule has 0 unspecified atom stereocenters. The zero-order valence-corrected chi connectivity index (χ0v) is 15.4. The van der Waals surface area contributed by atoms with Crippen molar-refractivity contribution in [1.29, 1.82) is 0 Å². The summed E-state index contributed by atoms with van der Waals surface area (Å²) >= 11 is 6.26. The van der Waals surface area contributed by atoms with E-state index in [-0.39, 0.29) is 24.3 Å². The van der Waals surface area contributed by atoms with Crippen LogP contribution in [0.1, 0.15) is 19.3 Å². The molecule has 2 aliphatic rings. The Kier molecular flexibility index (Phi) is 4.89. The summed E-state index contributed by atoms with van der Waals surface area (Å²) in [4.78, 5) is 26.9. The highest BCUT2D eigenvalue weighted by atomic mass is 35.5. The number of carbonyl (C=O) groups excluding carboxylic acids is 1. The molecule has 2 aromatic rings. The molecule has 0 aliphatic carbocycles. The van der Waals surface area contributed by atoms with E-state index in [9.17, 15) is 9.59 Å². The molecule has 1 aromatic carbocycles. The standard InChI is InChI=1S/C18H19ClN4O4/c19-17-13(22-6-2-1-3-7-22)9-20-23(18(17)25)10-16(24)21-12-4-5-14-15(8-12)27-11-26-14/h4-5,8-9H,1-3,6-7,10-11H2,(H,21,24). The van der Waals surface area contributed by atoms with Crippen molar-refractivity contribution < 1.29 is 14.3 Å². The number of halogens is 1.